The second kappa shape index (κ2) is 9.72. The molecule has 0 aliphatic carbocycles. The predicted molar refractivity (Wildman–Crippen MR) is 135 cm³/mol. The van der Waals surface area contributed by atoms with Crippen LogP contribution in [-0.4, -0.2) is 22.9 Å². The first-order valence-corrected chi connectivity index (χ1v) is 11.6. The van der Waals surface area contributed by atoms with Crippen LogP contribution in [0.25, 0.3) is 5.76 Å². The molecule has 180 valence electrons. The van der Waals surface area contributed by atoms with E-state index in [-0.39, 0.29) is 33.0 Å². The van der Waals surface area contributed by atoms with E-state index in [0.717, 1.165) is 10.5 Å². The Hall–Kier alpha value is -3.35. The monoisotopic (exact) mass is 513 g/mol. The summed E-state index contributed by atoms with van der Waals surface area (Å²) in [6.07, 6.45) is -0.0503. The molecule has 3 aromatic rings. The number of amides is 1. The van der Waals surface area contributed by atoms with Crippen LogP contribution in [0.15, 0.2) is 66.2 Å². The number of nitrogens with zero attached hydrogens (tertiary/aromatic N) is 1. The van der Waals surface area contributed by atoms with Gasteiger partial charge in [0.2, 0.25) is 0 Å². The molecule has 0 spiro atoms. The number of anilines is 1. The molecule has 4 rings (SSSR count). The van der Waals surface area contributed by atoms with Crippen molar-refractivity contribution in [2.75, 3.05) is 4.90 Å². The van der Waals surface area contributed by atoms with Crippen molar-refractivity contribution in [1.29, 1.82) is 0 Å². The first-order valence-electron chi connectivity index (χ1n) is 10.9. The number of aryl methyl sites for hydroxylation is 1. The fourth-order valence-electron chi connectivity index (χ4n) is 4.06. The fraction of sp³-hybridized carbons (Fsp3) is 0.185. The lowest BCUT2D eigenvalue weighted by Crippen LogP contribution is -2.29. The highest BCUT2D eigenvalue weighted by molar-refractivity contribution is 6.52. The zero-order valence-corrected chi connectivity index (χ0v) is 20.7. The van der Waals surface area contributed by atoms with Crippen LogP contribution < -0.4 is 9.64 Å². The minimum atomic E-state index is -1.22. The number of carbonyl (C=O) groups is 2. The fourth-order valence-corrected chi connectivity index (χ4v) is 4.36. The van der Waals surface area contributed by atoms with Crippen molar-refractivity contribution >= 4 is 46.3 Å². The first kappa shape index (κ1) is 24.8. The van der Waals surface area contributed by atoms with Crippen LogP contribution in [0.5, 0.6) is 5.75 Å². The van der Waals surface area contributed by atoms with Crippen LogP contribution in [0.1, 0.15) is 36.6 Å². The predicted octanol–water partition coefficient (Wildman–Crippen LogP) is 6.85. The zero-order valence-electron chi connectivity index (χ0n) is 19.2. The number of carbonyl (C=O) groups excluding carboxylic acids is 2. The standard InChI is InChI=1S/C27H22Cl2FNO4/c1-14(2)35-22-11-8-16(12-15(22)3)25(32)23-24(18-6-4-5-7-21(18)30)31(27(34)26(23)33)17-9-10-19(28)20(29)13-17/h4-14,24,32H,1-3H3/b25-23+. The molecule has 1 unspecified atom stereocenters. The Bertz CT molecular complexity index is 1370. The van der Waals surface area contributed by atoms with Gasteiger partial charge in [-0.05, 0) is 68.8 Å². The van der Waals surface area contributed by atoms with Crippen LogP contribution in [0.4, 0.5) is 10.1 Å². The molecule has 0 saturated carbocycles. The molecule has 0 aromatic heterocycles. The summed E-state index contributed by atoms with van der Waals surface area (Å²) in [6, 6.07) is 13.9. The molecular formula is C27H22Cl2FNO4. The molecule has 1 atom stereocenters. The normalized spacial score (nSPS) is 17.3. The van der Waals surface area contributed by atoms with Gasteiger partial charge in [-0.15, -0.1) is 0 Å². The highest BCUT2D eigenvalue weighted by atomic mass is 35.5. The lowest BCUT2D eigenvalue weighted by atomic mass is 9.94. The molecule has 1 N–H and O–H groups in total. The van der Waals surface area contributed by atoms with Crippen LogP contribution >= 0.6 is 23.2 Å². The maximum absolute atomic E-state index is 15.0. The average Bonchev–Trinajstić information content (AvgIpc) is 3.07. The van der Waals surface area contributed by atoms with Gasteiger partial charge in [0.15, 0.2) is 0 Å². The van der Waals surface area contributed by atoms with Crippen LogP contribution in [-0.2, 0) is 9.59 Å². The summed E-state index contributed by atoms with van der Waals surface area (Å²) in [5.74, 6) is -2.29. The Balaban J connectivity index is 1.92. The van der Waals surface area contributed by atoms with E-state index in [1.807, 2.05) is 13.8 Å². The van der Waals surface area contributed by atoms with Gasteiger partial charge in [-0.2, -0.15) is 0 Å². The molecule has 5 nitrogen and oxygen atoms in total. The first-order chi connectivity index (χ1) is 16.6. The van der Waals surface area contributed by atoms with E-state index in [4.69, 9.17) is 27.9 Å². The molecule has 1 aliphatic heterocycles. The van der Waals surface area contributed by atoms with Gasteiger partial charge < -0.3 is 9.84 Å². The summed E-state index contributed by atoms with van der Waals surface area (Å²) < 4.78 is 20.7. The molecule has 1 fully saturated rings. The maximum atomic E-state index is 15.0. The van der Waals surface area contributed by atoms with Crippen LogP contribution in [0.3, 0.4) is 0 Å². The molecule has 35 heavy (non-hydrogen) atoms. The molecule has 0 radical (unpaired) electrons. The summed E-state index contributed by atoms with van der Waals surface area (Å²) in [4.78, 5) is 27.6. The van der Waals surface area contributed by atoms with Crippen molar-refractivity contribution in [2.45, 2.75) is 32.9 Å². The topological polar surface area (TPSA) is 66.8 Å². The van der Waals surface area contributed by atoms with E-state index in [1.54, 1.807) is 31.2 Å². The molecule has 1 amide bonds. The quantitative estimate of drug-likeness (QED) is 0.230. The van der Waals surface area contributed by atoms with E-state index in [9.17, 15) is 19.1 Å². The molecule has 3 aromatic carbocycles. The van der Waals surface area contributed by atoms with E-state index in [2.05, 4.69) is 0 Å². The van der Waals surface area contributed by atoms with Gasteiger partial charge in [0, 0.05) is 16.8 Å². The maximum Gasteiger partial charge on any atom is 0.300 e. The van der Waals surface area contributed by atoms with Gasteiger partial charge in [0.05, 0.1) is 27.8 Å². The number of ether oxygens (including phenoxy) is 1. The number of halogens is 3. The Kier molecular flexibility index (Phi) is 6.88. The van der Waals surface area contributed by atoms with Gasteiger partial charge in [-0.3, -0.25) is 14.5 Å². The second-order valence-corrected chi connectivity index (χ2v) is 9.25. The number of hydrogen-bond acceptors (Lipinski definition) is 4. The Morgan fingerprint density at radius 1 is 1.03 bits per heavy atom. The molecular weight excluding hydrogens is 492 g/mol. The van der Waals surface area contributed by atoms with Crippen molar-refractivity contribution in [3.05, 3.63) is 98.8 Å². The van der Waals surface area contributed by atoms with Crippen molar-refractivity contribution in [1.82, 2.24) is 0 Å². The SMILES string of the molecule is Cc1cc(/C(O)=C2\C(=O)C(=O)N(c3ccc(Cl)c(Cl)c3)C2c2ccccc2F)ccc1OC(C)C. The third-order valence-corrected chi connectivity index (χ3v) is 6.38. The number of aliphatic hydroxyl groups excluding tert-OH is 1. The Labute approximate surface area is 212 Å². The largest absolute Gasteiger partial charge is 0.507 e. The van der Waals surface area contributed by atoms with Gasteiger partial charge in [0.25, 0.3) is 11.7 Å². The lowest BCUT2D eigenvalue weighted by Gasteiger charge is -2.26. The molecule has 0 bridgehead atoms. The van der Waals surface area contributed by atoms with Crippen molar-refractivity contribution in [2.24, 2.45) is 0 Å². The van der Waals surface area contributed by atoms with E-state index in [1.165, 1.54) is 36.4 Å². The van der Waals surface area contributed by atoms with E-state index in [0.29, 0.717) is 11.3 Å². The molecule has 1 aliphatic rings. The number of benzene rings is 3. The van der Waals surface area contributed by atoms with Crippen molar-refractivity contribution in [3.8, 4) is 5.75 Å². The summed E-state index contributed by atoms with van der Waals surface area (Å²) in [7, 11) is 0. The number of Topliss-reactive ketones (excluding diaryl/α,β-unsaturated/α-hetero) is 1. The van der Waals surface area contributed by atoms with Gasteiger partial charge >= 0.3 is 0 Å². The van der Waals surface area contributed by atoms with E-state index >= 15 is 0 Å². The minimum absolute atomic E-state index is 0.0503. The van der Waals surface area contributed by atoms with Gasteiger partial charge in [-0.25, -0.2) is 4.39 Å². The number of aliphatic hydroxyl groups is 1. The number of ketones is 1. The number of rotatable bonds is 5. The molecule has 8 heteroatoms. The van der Waals surface area contributed by atoms with Gasteiger partial charge in [-0.1, -0.05) is 41.4 Å². The summed E-state index contributed by atoms with van der Waals surface area (Å²) in [5, 5.41) is 11.7. The molecule has 1 saturated heterocycles. The third-order valence-electron chi connectivity index (χ3n) is 5.64. The van der Waals surface area contributed by atoms with Gasteiger partial charge in [0.1, 0.15) is 17.3 Å². The second-order valence-electron chi connectivity index (χ2n) is 8.44. The Morgan fingerprint density at radius 3 is 2.37 bits per heavy atom. The lowest BCUT2D eigenvalue weighted by molar-refractivity contribution is -0.132. The molecule has 1 heterocycles. The zero-order chi connectivity index (χ0) is 25.4. The number of hydrogen-bond donors (Lipinski definition) is 1. The summed E-state index contributed by atoms with van der Waals surface area (Å²) in [5.41, 5.74) is 1.08. The van der Waals surface area contributed by atoms with Crippen LogP contribution in [0.2, 0.25) is 10.0 Å². The van der Waals surface area contributed by atoms with Crippen molar-refractivity contribution < 1.29 is 23.8 Å². The smallest absolute Gasteiger partial charge is 0.300 e. The Morgan fingerprint density at radius 2 is 1.74 bits per heavy atom. The summed E-state index contributed by atoms with van der Waals surface area (Å²) >= 11 is 12.2. The summed E-state index contributed by atoms with van der Waals surface area (Å²) in [6.45, 7) is 5.59. The van der Waals surface area contributed by atoms with E-state index < -0.39 is 29.3 Å². The highest BCUT2D eigenvalue weighted by Gasteiger charge is 2.48. The average molecular weight is 514 g/mol. The highest BCUT2D eigenvalue weighted by Crippen LogP contribution is 2.44. The minimum Gasteiger partial charge on any atom is -0.507 e. The third kappa shape index (κ3) is 4.64. The van der Waals surface area contributed by atoms with Crippen molar-refractivity contribution in [3.63, 3.8) is 0 Å². The van der Waals surface area contributed by atoms with Crippen LogP contribution in [0, 0.1) is 12.7 Å².